The van der Waals surface area contributed by atoms with E-state index in [-0.39, 0.29) is 17.6 Å². The summed E-state index contributed by atoms with van der Waals surface area (Å²) in [6.45, 7) is 3.90. The molecule has 0 radical (unpaired) electrons. The Morgan fingerprint density at radius 1 is 1.30 bits per heavy atom. The van der Waals surface area contributed by atoms with E-state index in [9.17, 15) is 9.59 Å². The number of carbonyl (C=O) groups excluding carboxylic acids is 2. The highest BCUT2D eigenvalue weighted by atomic mass is 79.9. The van der Waals surface area contributed by atoms with E-state index < -0.39 is 0 Å². The van der Waals surface area contributed by atoms with Gasteiger partial charge in [-0.2, -0.15) is 0 Å². The summed E-state index contributed by atoms with van der Waals surface area (Å²) in [6.07, 6.45) is 5.26. The zero-order valence-electron chi connectivity index (χ0n) is 13.5. The highest BCUT2D eigenvalue weighted by Gasteiger charge is 2.33. The van der Waals surface area contributed by atoms with E-state index in [4.69, 9.17) is 0 Å². The third kappa shape index (κ3) is 3.36. The molecule has 5 heteroatoms. The second-order valence-electron chi connectivity index (χ2n) is 6.45. The Labute approximate surface area is 145 Å². The van der Waals surface area contributed by atoms with Crippen molar-refractivity contribution in [1.82, 2.24) is 5.32 Å². The molecule has 0 aromatic heterocycles. The normalized spacial score (nSPS) is 20.0. The van der Waals surface area contributed by atoms with Gasteiger partial charge in [0.05, 0.1) is 5.69 Å². The largest absolute Gasteiger partial charge is 0.325 e. The molecule has 0 saturated carbocycles. The molecular formula is C18H23BrN2O2. The molecule has 23 heavy (non-hydrogen) atoms. The van der Waals surface area contributed by atoms with E-state index in [0.29, 0.717) is 12.8 Å². The monoisotopic (exact) mass is 378 g/mol. The zero-order valence-corrected chi connectivity index (χ0v) is 15.1. The van der Waals surface area contributed by atoms with Crippen molar-refractivity contribution in [3.8, 4) is 0 Å². The van der Waals surface area contributed by atoms with Crippen LogP contribution in [-0.4, -0.2) is 24.8 Å². The molecule has 124 valence electrons. The Hall–Kier alpha value is -1.20. The van der Waals surface area contributed by atoms with Gasteiger partial charge in [0.25, 0.3) is 0 Å². The molecule has 1 heterocycles. The summed E-state index contributed by atoms with van der Waals surface area (Å²) in [4.78, 5) is 24.6. The summed E-state index contributed by atoms with van der Waals surface area (Å²) in [5, 5.41) is 6.34. The van der Waals surface area contributed by atoms with Crippen molar-refractivity contribution in [2.75, 3.05) is 18.4 Å². The lowest BCUT2D eigenvalue weighted by Crippen LogP contribution is -2.34. The number of anilines is 1. The molecule has 1 aromatic carbocycles. The van der Waals surface area contributed by atoms with E-state index in [1.54, 1.807) is 0 Å². The summed E-state index contributed by atoms with van der Waals surface area (Å²) in [5.41, 5.74) is 3.82. The van der Waals surface area contributed by atoms with Crippen molar-refractivity contribution in [2.24, 2.45) is 5.92 Å². The lowest BCUT2D eigenvalue weighted by atomic mass is 9.78. The molecule has 2 aliphatic rings. The Morgan fingerprint density at radius 2 is 2.13 bits per heavy atom. The second-order valence-corrected chi connectivity index (χ2v) is 7.31. The third-order valence-electron chi connectivity index (χ3n) is 4.81. The molecule has 2 N–H and O–H groups in total. The highest BCUT2D eigenvalue weighted by molar-refractivity contribution is 9.10. The van der Waals surface area contributed by atoms with Crippen LogP contribution in [0.2, 0.25) is 0 Å². The van der Waals surface area contributed by atoms with Gasteiger partial charge in [-0.25, -0.2) is 0 Å². The fraction of sp³-hybridized carbons (Fsp3) is 0.556. The van der Waals surface area contributed by atoms with Gasteiger partial charge in [0.15, 0.2) is 5.78 Å². The molecule has 1 unspecified atom stereocenters. The van der Waals surface area contributed by atoms with Gasteiger partial charge < -0.3 is 10.6 Å². The van der Waals surface area contributed by atoms with E-state index in [1.165, 1.54) is 0 Å². The molecule has 0 saturated heterocycles. The standard InChI is InChI=1S/C18H23BrN2O2/c1-2-3-8-20-10-12-5-4-11-9-14(19)17-13(16(11)18(12)23)6-7-15(22)21-17/h9,12,20H,2-8,10H2,1H3,(H,21,22). The van der Waals surface area contributed by atoms with Gasteiger partial charge in [-0.15, -0.1) is 0 Å². The second kappa shape index (κ2) is 7.14. The van der Waals surface area contributed by atoms with Crippen molar-refractivity contribution in [2.45, 2.75) is 45.4 Å². The maximum Gasteiger partial charge on any atom is 0.224 e. The number of nitrogens with one attached hydrogen (secondary N) is 2. The first-order valence-corrected chi connectivity index (χ1v) is 9.30. The predicted molar refractivity (Wildman–Crippen MR) is 95.0 cm³/mol. The SMILES string of the molecule is CCCCNCC1CCc2cc(Br)c3c(c2C1=O)CCC(=O)N3. The number of fused-ring (bicyclic) bond motifs is 3. The fourth-order valence-electron chi connectivity index (χ4n) is 3.53. The molecule has 4 nitrogen and oxygen atoms in total. The quantitative estimate of drug-likeness (QED) is 0.771. The Kier molecular flexibility index (Phi) is 5.17. The molecular weight excluding hydrogens is 356 g/mol. The number of Topliss-reactive ketones (excluding diaryl/α,β-unsaturated/α-hetero) is 1. The highest BCUT2D eigenvalue weighted by Crippen LogP contribution is 2.39. The van der Waals surface area contributed by atoms with Crippen LogP contribution in [0, 0.1) is 5.92 Å². The molecule has 1 aliphatic carbocycles. The van der Waals surface area contributed by atoms with Crippen LogP contribution in [0.5, 0.6) is 0 Å². The van der Waals surface area contributed by atoms with Crippen LogP contribution in [-0.2, 0) is 17.6 Å². The number of amides is 1. The number of hydrogen-bond donors (Lipinski definition) is 2. The molecule has 1 aliphatic heterocycles. The van der Waals surface area contributed by atoms with Gasteiger partial charge in [0.2, 0.25) is 5.91 Å². The van der Waals surface area contributed by atoms with Gasteiger partial charge in [-0.3, -0.25) is 9.59 Å². The van der Waals surface area contributed by atoms with Crippen LogP contribution in [0.3, 0.4) is 0 Å². The van der Waals surface area contributed by atoms with Gasteiger partial charge in [0.1, 0.15) is 0 Å². The van der Waals surface area contributed by atoms with Crippen LogP contribution in [0.1, 0.15) is 54.1 Å². The Morgan fingerprint density at radius 3 is 2.91 bits per heavy atom. The zero-order chi connectivity index (χ0) is 16.4. The predicted octanol–water partition coefficient (Wildman–Crippen LogP) is 3.47. The fourth-order valence-corrected chi connectivity index (χ4v) is 4.14. The van der Waals surface area contributed by atoms with Crippen LogP contribution in [0.25, 0.3) is 0 Å². The number of benzene rings is 1. The van der Waals surface area contributed by atoms with E-state index in [2.05, 4.69) is 33.5 Å². The first-order valence-electron chi connectivity index (χ1n) is 8.50. The topological polar surface area (TPSA) is 58.2 Å². The van der Waals surface area contributed by atoms with E-state index in [0.717, 1.165) is 65.6 Å². The molecule has 1 amide bonds. The molecule has 3 rings (SSSR count). The average molecular weight is 379 g/mol. The van der Waals surface area contributed by atoms with Crippen LogP contribution >= 0.6 is 15.9 Å². The number of rotatable bonds is 5. The number of ketones is 1. The first-order chi connectivity index (χ1) is 11.1. The lowest BCUT2D eigenvalue weighted by Gasteiger charge is -2.29. The molecule has 1 atom stereocenters. The van der Waals surface area contributed by atoms with Gasteiger partial charge in [-0.1, -0.05) is 13.3 Å². The lowest BCUT2D eigenvalue weighted by molar-refractivity contribution is -0.116. The maximum absolute atomic E-state index is 13.0. The average Bonchev–Trinajstić information content (AvgIpc) is 2.54. The maximum atomic E-state index is 13.0. The molecule has 0 bridgehead atoms. The van der Waals surface area contributed by atoms with Crippen molar-refractivity contribution in [3.05, 3.63) is 27.2 Å². The number of halogens is 1. The molecule has 0 spiro atoms. The van der Waals surface area contributed by atoms with Crippen molar-refractivity contribution in [3.63, 3.8) is 0 Å². The summed E-state index contributed by atoms with van der Waals surface area (Å²) < 4.78 is 0.895. The van der Waals surface area contributed by atoms with Gasteiger partial charge in [0, 0.05) is 28.9 Å². The third-order valence-corrected chi connectivity index (χ3v) is 5.43. The van der Waals surface area contributed by atoms with Crippen LogP contribution in [0.15, 0.2) is 10.5 Å². The first kappa shape index (κ1) is 16.7. The summed E-state index contributed by atoms with van der Waals surface area (Å²) in [6, 6.07) is 2.01. The smallest absolute Gasteiger partial charge is 0.224 e. The van der Waals surface area contributed by atoms with Crippen molar-refractivity contribution < 1.29 is 9.59 Å². The molecule has 0 fully saturated rings. The molecule has 1 aromatic rings. The van der Waals surface area contributed by atoms with E-state index >= 15 is 0 Å². The van der Waals surface area contributed by atoms with Gasteiger partial charge in [-0.05, 0) is 65.4 Å². The minimum absolute atomic E-state index is 0.0270. The minimum atomic E-state index is 0.0270. The Balaban J connectivity index is 1.85. The number of unbranched alkanes of at least 4 members (excludes halogenated alkanes) is 1. The summed E-state index contributed by atoms with van der Waals surface area (Å²) in [5.74, 6) is 0.330. The number of carbonyl (C=O) groups is 2. The minimum Gasteiger partial charge on any atom is -0.325 e. The van der Waals surface area contributed by atoms with Crippen LogP contribution < -0.4 is 10.6 Å². The van der Waals surface area contributed by atoms with Gasteiger partial charge >= 0.3 is 0 Å². The van der Waals surface area contributed by atoms with E-state index in [1.807, 2.05) is 6.07 Å². The summed E-state index contributed by atoms with van der Waals surface area (Å²) in [7, 11) is 0. The Bertz CT molecular complexity index is 642. The van der Waals surface area contributed by atoms with Crippen molar-refractivity contribution >= 4 is 33.3 Å². The van der Waals surface area contributed by atoms with Crippen molar-refractivity contribution in [1.29, 1.82) is 0 Å². The number of aryl methyl sites for hydroxylation is 1. The number of hydrogen-bond acceptors (Lipinski definition) is 3. The van der Waals surface area contributed by atoms with Crippen LogP contribution in [0.4, 0.5) is 5.69 Å². The summed E-state index contributed by atoms with van der Waals surface area (Å²) >= 11 is 3.54.